The number of nitrogens with one attached hydrogen (secondary N) is 2. The van der Waals surface area contributed by atoms with Gasteiger partial charge in [-0.25, -0.2) is 0 Å². The Bertz CT molecular complexity index is 514. The standard InChI is InChI=1S/C18H27N3O2S/c1-2-3-4-11-22-16-9-7-15(8-10-16)13-20-21-18(24)19-14-17-6-5-12-23-17/h7-10,13,17H,2-6,11-12,14H2,1H3,(H2,19,21,24)/b20-13-/t17-/m0/s1. The molecule has 1 saturated heterocycles. The first-order chi connectivity index (χ1) is 11.8. The maximum absolute atomic E-state index is 5.68. The third-order valence-electron chi connectivity index (χ3n) is 3.79. The molecule has 132 valence electrons. The number of ether oxygens (including phenoxy) is 2. The number of hydrogen-bond donors (Lipinski definition) is 2. The predicted octanol–water partition coefficient (Wildman–Crippen LogP) is 3.23. The summed E-state index contributed by atoms with van der Waals surface area (Å²) in [6.45, 7) is 4.54. The fourth-order valence-corrected chi connectivity index (χ4v) is 2.55. The zero-order chi connectivity index (χ0) is 17.0. The summed E-state index contributed by atoms with van der Waals surface area (Å²) < 4.78 is 11.2. The van der Waals surface area contributed by atoms with Crippen LogP contribution in [0.2, 0.25) is 0 Å². The van der Waals surface area contributed by atoms with Crippen LogP contribution in [0.1, 0.15) is 44.6 Å². The van der Waals surface area contributed by atoms with E-state index in [0.717, 1.165) is 50.3 Å². The van der Waals surface area contributed by atoms with Crippen molar-refractivity contribution >= 4 is 23.5 Å². The number of unbranched alkanes of at least 4 members (excludes halogenated alkanes) is 2. The zero-order valence-electron chi connectivity index (χ0n) is 14.3. The first kappa shape index (κ1) is 18.7. The maximum atomic E-state index is 5.68. The van der Waals surface area contributed by atoms with Gasteiger partial charge in [-0.2, -0.15) is 5.10 Å². The molecule has 2 N–H and O–H groups in total. The van der Waals surface area contributed by atoms with Crippen molar-refractivity contribution < 1.29 is 9.47 Å². The van der Waals surface area contributed by atoms with E-state index in [9.17, 15) is 0 Å². The van der Waals surface area contributed by atoms with Crippen LogP contribution < -0.4 is 15.5 Å². The van der Waals surface area contributed by atoms with E-state index in [1.54, 1.807) is 6.21 Å². The van der Waals surface area contributed by atoms with Crippen LogP contribution >= 0.6 is 12.2 Å². The van der Waals surface area contributed by atoms with Crippen molar-refractivity contribution in [2.45, 2.75) is 45.1 Å². The molecular weight excluding hydrogens is 322 g/mol. The molecule has 1 fully saturated rings. The van der Waals surface area contributed by atoms with E-state index in [4.69, 9.17) is 21.7 Å². The topological polar surface area (TPSA) is 54.9 Å². The van der Waals surface area contributed by atoms with E-state index in [2.05, 4.69) is 22.8 Å². The third-order valence-corrected chi connectivity index (χ3v) is 4.03. The van der Waals surface area contributed by atoms with Crippen LogP contribution in [0.5, 0.6) is 5.75 Å². The highest BCUT2D eigenvalue weighted by Gasteiger charge is 2.14. The summed E-state index contributed by atoms with van der Waals surface area (Å²) in [7, 11) is 0. The van der Waals surface area contributed by atoms with Gasteiger partial charge >= 0.3 is 0 Å². The molecule has 0 unspecified atom stereocenters. The molecule has 1 heterocycles. The minimum Gasteiger partial charge on any atom is -0.494 e. The predicted molar refractivity (Wildman–Crippen MR) is 102 cm³/mol. The summed E-state index contributed by atoms with van der Waals surface area (Å²) in [5.74, 6) is 0.893. The summed E-state index contributed by atoms with van der Waals surface area (Å²) in [5.41, 5.74) is 3.81. The van der Waals surface area contributed by atoms with E-state index in [0.29, 0.717) is 5.11 Å². The molecule has 0 spiro atoms. The van der Waals surface area contributed by atoms with Crippen molar-refractivity contribution in [3.8, 4) is 5.75 Å². The molecule has 0 bridgehead atoms. The van der Waals surface area contributed by atoms with Gasteiger partial charge in [0.15, 0.2) is 5.11 Å². The Morgan fingerprint density at radius 2 is 2.21 bits per heavy atom. The van der Waals surface area contributed by atoms with E-state index in [1.165, 1.54) is 12.8 Å². The minimum absolute atomic E-state index is 0.263. The van der Waals surface area contributed by atoms with Crippen molar-refractivity contribution in [1.29, 1.82) is 0 Å². The smallest absolute Gasteiger partial charge is 0.187 e. The molecule has 0 radical (unpaired) electrons. The Hall–Kier alpha value is -1.66. The lowest BCUT2D eigenvalue weighted by atomic mass is 10.2. The molecule has 0 amide bonds. The molecule has 6 heteroatoms. The number of rotatable bonds is 9. The van der Waals surface area contributed by atoms with Crippen LogP contribution in [0.25, 0.3) is 0 Å². The molecule has 0 aromatic heterocycles. The largest absolute Gasteiger partial charge is 0.494 e. The van der Waals surface area contributed by atoms with Crippen LogP contribution in [0.15, 0.2) is 29.4 Å². The quantitative estimate of drug-likeness (QED) is 0.310. The number of nitrogens with zero attached hydrogens (tertiary/aromatic N) is 1. The SMILES string of the molecule is CCCCCOc1ccc(/C=N\NC(=S)NC[C@@H]2CCCO2)cc1. The van der Waals surface area contributed by atoms with Gasteiger partial charge in [-0.15, -0.1) is 0 Å². The van der Waals surface area contributed by atoms with Crippen LogP contribution in [0.3, 0.4) is 0 Å². The van der Waals surface area contributed by atoms with Crippen molar-refractivity contribution in [1.82, 2.24) is 10.7 Å². The lowest BCUT2D eigenvalue weighted by Crippen LogP contribution is -2.37. The molecule has 1 aromatic rings. The normalized spacial score (nSPS) is 17.1. The summed E-state index contributed by atoms with van der Waals surface area (Å²) >= 11 is 5.18. The second-order valence-electron chi connectivity index (χ2n) is 5.84. The zero-order valence-corrected chi connectivity index (χ0v) is 15.1. The van der Waals surface area contributed by atoms with Crippen LogP contribution in [-0.4, -0.2) is 37.2 Å². The summed E-state index contributed by atoms with van der Waals surface area (Å²) in [5, 5.41) is 7.77. The molecular formula is C18H27N3O2S. The highest BCUT2D eigenvalue weighted by molar-refractivity contribution is 7.80. The van der Waals surface area contributed by atoms with Crippen molar-refractivity contribution in [2.75, 3.05) is 19.8 Å². The van der Waals surface area contributed by atoms with Crippen molar-refractivity contribution in [3.05, 3.63) is 29.8 Å². The van der Waals surface area contributed by atoms with E-state index < -0.39 is 0 Å². The highest BCUT2D eigenvalue weighted by Crippen LogP contribution is 2.12. The van der Waals surface area contributed by atoms with Gasteiger partial charge in [-0.3, -0.25) is 5.43 Å². The number of hydrazone groups is 1. The second-order valence-corrected chi connectivity index (χ2v) is 6.25. The Morgan fingerprint density at radius 1 is 1.38 bits per heavy atom. The first-order valence-electron chi connectivity index (χ1n) is 8.69. The molecule has 1 atom stereocenters. The molecule has 1 aliphatic heterocycles. The monoisotopic (exact) mass is 349 g/mol. The van der Waals surface area contributed by atoms with Gasteiger partial charge in [0, 0.05) is 13.2 Å². The Morgan fingerprint density at radius 3 is 2.92 bits per heavy atom. The average molecular weight is 350 g/mol. The van der Waals surface area contributed by atoms with Gasteiger partial charge in [0.1, 0.15) is 5.75 Å². The summed E-state index contributed by atoms with van der Waals surface area (Å²) in [4.78, 5) is 0. The van der Waals surface area contributed by atoms with Gasteiger partial charge in [0.05, 0.1) is 18.9 Å². The molecule has 0 aliphatic carbocycles. The minimum atomic E-state index is 0.263. The Labute approximate surface area is 149 Å². The lowest BCUT2D eigenvalue weighted by Gasteiger charge is -2.11. The molecule has 0 saturated carbocycles. The maximum Gasteiger partial charge on any atom is 0.187 e. The Balaban J connectivity index is 1.64. The molecule has 1 aromatic carbocycles. The third kappa shape index (κ3) is 7.27. The lowest BCUT2D eigenvalue weighted by molar-refractivity contribution is 0.114. The fourth-order valence-electron chi connectivity index (χ4n) is 2.41. The van der Waals surface area contributed by atoms with Gasteiger partial charge in [-0.05, 0) is 61.3 Å². The highest BCUT2D eigenvalue weighted by atomic mass is 32.1. The van der Waals surface area contributed by atoms with Gasteiger partial charge < -0.3 is 14.8 Å². The first-order valence-corrected chi connectivity index (χ1v) is 9.10. The average Bonchev–Trinajstić information content (AvgIpc) is 3.12. The van der Waals surface area contributed by atoms with E-state index in [-0.39, 0.29) is 6.10 Å². The summed E-state index contributed by atoms with van der Waals surface area (Å²) in [6.07, 6.45) is 7.72. The number of thiocarbonyl (C=S) groups is 1. The van der Waals surface area contributed by atoms with Crippen LogP contribution in [0.4, 0.5) is 0 Å². The molecule has 2 rings (SSSR count). The van der Waals surface area contributed by atoms with Crippen LogP contribution in [-0.2, 0) is 4.74 Å². The van der Waals surface area contributed by atoms with E-state index >= 15 is 0 Å². The molecule has 24 heavy (non-hydrogen) atoms. The van der Waals surface area contributed by atoms with Gasteiger partial charge in [0.2, 0.25) is 0 Å². The summed E-state index contributed by atoms with van der Waals surface area (Å²) in [6, 6.07) is 7.87. The Kier molecular flexibility index (Phi) is 8.55. The van der Waals surface area contributed by atoms with Gasteiger partial charge in [0.25, 0.3) is 0 Å². The fraction of sp³-hybridized carbons (Fsp3) is 0.556. The number of benzene rings is 1. The molecule has 5 nitrogen and oxygen atoms in total. The van der Waals surface area contributed by atoms with Gasteiger partial charge in [-0.1, -0.05) is 19.8 Å². The second kappa shape index (κ2) is 11.0. The van der Waals surface area contributed by atoms with Crippen molar-refractivity contribution in [2.24, 2.45) is 5.10 Å². The number of hydrogen-bond acceptors (Lipinski definition) is 4. The molecule has 1 aliphatic rings. The van der Waals surface area contributed by atoms with Crippen LogP contribution in [0, 0.1) is 0 Å². The van der Waals surface area contributed by atoms with E-state index in [1.807, 2.05) is 24.3 Å². The van der Waals surface area contributed by atoms with Crippen molar-refractivity contribution in [3.63, 3.8) is 0 Å².